The summed E-state index contributed by atoms with van der Waals surface area (Å²) in [4.78, 5) is 17.2. The van der Waals surface area contributed by atoms with Crippen molar-refractivity contribution in [3.05, 3.63) is 88.5 Å². The number of hydrogen-bond donors (Lipinski definition) is 1. The zero-order chi connectivity index (χ0) is 17.6. The van der Waals surface area contributed by atoms with Gasteiger partial charge in [-0.3, -0.25) is 4.79 Å². The van der Waals surface area contributed by atoms with E-state index in [0.29, 0.717) is 15.7 Å². The summed E-state index contributed by atoms with van der Waals surface area (Å²) in [6, 6.07) is 20.1. The van der Waals surface area contributed by atoms with Gasteiger partial charge in [-0.1, -0.05) is 71.4 Å². The molecule has 1 aromatic heterocycles. The average Bonchev–Trinajstić information content (AvgIpc) is 2.60. The fraction of sp³-hybridized carbons (Fsp3) is 0.0526. The third-order valence-corrected chi connectivity index (χ3v) is 4.99. The first-order valence-electron chi connectivity index (χ1n) is 7.51. The smallest absolute Gasteiger partial charge is 0.242 e. The second-order valence-corrected chi connectivity index (χ2v) is 7.22. The summed E-state index contributed by atoms with van der Waals surface area (Å²) in [5.74, 6) is -0.166. The zero-order valence-electron chi connectivity index (χ0n) is 13.0. The lowest BCUT2D eigenvalue weighted by atomic mass is 10.1. The van der Waals surface area contributed by atoms with Gasteiger partial charge in [0.05, 0.1) is 5.03 Å². The Labute approximate surface area is 160 Å². The molecule has 3 aromatic rings. The summed E-state index contributed by atoms with van der Waals surface area (Å²) in [7, 11) is 0. The second kappa shape index (κ2) is 8.39. The highest BCUT2D eigenvalue weighted by molar-refractivity contribution is 8.00. The number of carbonyl (C=O) groups is 1. The predicted molar refractivity (Wildman–Crippen MR) is 104 cm³/mol. The molecule has 0 spiro atoms. The molecule has 1 heterocycles. The number of carbonyl (C=O) groups excluding carboxylic acids is 1. The van der Waals surface area contributed by atoms with Gasteiger partial charge in [0.1, 0.15) is 5.25 Å². The maximum atomic E-state index is 12.9. The molecular formula is C19H14Cl2N2OS. The standard InChI is InChI=1S/C19H14Cl2N2OS/c20-14-10-15(21)12-16(11-14)23-19(24)18(13-6-2-1-3-7-13)25-17-8-4-5-9-22-17/h1-12,18H,(H,23,24). The molecule has 2 aromatic carbocycles. The van der Waals surface area contributed by atoms with E-state index in [2.05, 4.69) is 10.3 Å². The third kappa shape index (κ3) is 4.98. The molecule has 3 rings (SSSR count). The van der Waals surface area contributed by atoms with Crippen LogP contribution in [0.1, 0.15) is 10.8 Å². The Morgan fingerprint density at radius 2 is 1.64 bits per heavy atom. The molecule has 126 valence electrons. The minimum absolute atomic E-state index is 0.166. The van der Waals surface area contributed by atoms with Gasteiger partial charge in [0.2, 0.25) is 5.91 Å². The molecule has 0 aliphatic rings. The molecule has 0 aliphatic heterocycles. The van der Waals surface area contributed by atoms with Crippen LogP contribution in [-0.2, 0) is 4.79 Å². The molecule has 3 nitrogen and oxygen atoms in total. The van der Waals surface area contributed by atoms with E-state index in [9.17, 15) is 4.79 Å². The number of benzene rings is 2. The van der Waals surface area contributed by atoms with Crippen LogP contribution >= 0.6 is 35.0 Å². The van der Waals surface area contributed by atoms with E-state index >= 15 is 0 Å². The molecule has 1 N–H and O–H groups in total. The van der Waals surface area contributed by atoms with E-state index < -0.39 is 5.25 Å². The van der Waals surface area contributed by atoms with Crippen molar-refractivity contribution in [2.45, 2.75) is 10.3 Å². The van der Waals surface area contributed by atoms with Gasteiger partial charge in [-0.2, -0.15) is 0 Å². The number of thioether (sulfide) groups is 1. The van der Waals surface area contributed by atoms with Crippen LogP contribution in [-0.4, -0.2) is 10.9 Å². The van der Waals surface area contributed by atoms with Gasteiger partial charge >= 0.3 is 0 Å². The van der Waals surface area contributed by atoms with Gasteiger partial charge in [0.15, 0.2) is 0 Å². The van der Waals surface area contributed by atoms with E-state index in [1.165, 1.54) is 11.8 Å². The van der Waals surface area contributed by atoms with Crippen molar-refractivity contribution < 1.29 is 4.79 Å². The Morgan fingerprint density at radius 3 is 2.28 bits per heavy atom. The van der Waals surface area contributed by atoms with Crippen molar-refractivity contribution >= 4 is 46.6 Å². The summed E-state index contributed by atoms with van der Waals surface area (Å²) in [5, 5.41) is 4.15. The first-order valence-corrected chi connectivity index (χ1v) is 9.15. The third-order valence-electron chi connectivity index (χ3n) is 3.35. The Balaban J connectivity index is 1.86. The molecule has 0 radical (unpaired) electrons. The molecule has 1 unspecified atom stereocenters. The van der Waals surface area contributed by atoms with Crippen LogP contribution in [0.15, 0.2) is 78.0 Å². The largest absolute Gasteiger partial charge is 0.325 e. The quantitative estimate of drug-likeness (QED) is 0.556. The van der Waals surface area contributed by atoms with Crippen molar-refractivity contribution in [2.24, 2.45) is 0 Å². The van der Waals surface area contributed by atoms with Crippen molar-refractivity contribution in [3.8, 4) is 0 Å². The van der Waals surface area contributed by atoms with E-state index in [0.717, 1.165) is 10.6 Å². The number of hydrogen-bond acceptors (Lipinski definition) is 3. The van der Waals surface area contributed by atoms with E-state index in [1.54, 1.807) is 24.4 Å². The molecular weight excluding hydrogens is 375 g/mol. The number of rotatable bonds is 5. The lowest BCUT2D eigenvalue weighted by Crippen LogP contribution is -2.19. The summed E-state index contributed by atoms with van der Waals surface area (Å²) in [5.41, 5.74) is 1.45. The van der Waals surface area contributed by atoms with Gasteiger partial charge in [0.25, 0.3) is 0 Å². The molecule has 0 saturated carbocycles. The Bertz CT molecular complexity index is 840. The van der Waals surface area contributed by atoms with Crippen LogP contribution < -0.4 is 5.32 Å². The van der Waals surface area contributed by atoms with Crippen LogP contribution in [0.3, 0.4) is 0 Å². The Hall–Kier alpha value is -2.01. The maximum absolute atomic E-state index is 12.9. The fourth-order valence-electron chi connectivity index (χ4n) is 2.27. The molecule has 6 heteroatoms. The van der Waals surface area contributed by atoms with Gasteiger partial charge in [-0.05, 0) is 35.9 Å². The normalized spacial score (nSPS) is 11.8. The van der Waals surface area contributed by atoms with E-state index in [4.69, 9.17) is 23.2 Å². The number of anilines is 1. The number of nitrogens with one attached hydrogen (secondary N) is 1. The number of aromatic nitrogens is 1. The highest BCUT2D eigenvalue weighted by atomic mass is 35.5. The van der Waals surface area contributed by atoms with Gasteiger partial charge in [0, 0.05) is 21.9 Å². The molecule has 0 aliphatic carbocycles. The minimum Gasteiger partial charge on any atom is -0.325 e. The zero-order valence-corrected chi connectivity index (χ0v) is 15.4. The van der Waals surface area contributed by atoms with Gasteiger partial charge in [-0.25, -0.2) is 4.98 Å². The Kier molecular flexibility index (Phi) is 5.97. The summed E-state index contributed by atoms with van der Waals surface area (Å²) >= 11 is 13.4. The highest BCUT2D eigenvalue weighted by Gasteiger charge is 2.22. The first kappa shape index (κ1) is 17.8. The number of pyridine rings is 1. The minimum atomic E-state index is -0.450. The highest BCUT2D eigenvalue weighted by Crippen LogP contribution is 2.35. The molecule has 25 heavy (non-hydrogen) atoms. The van der Waals surface area contributed by atoms with Crippen LogP contribution in [0, 0.1) is 0 Å². The summed E-state index contributed by atoms with van der Waals surface area (Å²) < 4.78 is 0. The first-order chi connectivity index (χ1) is 12.1. The maximum Gasteiger partial charge on any atom is 0.242 e. The number of nitrogens with zero attached hydrogens (tertiary/aromatic N) is 1. The lowest BCUT2D eigenvalue weighted by molar-refractivity contribution is -0.115. The molecule has 0 bridgehead atoms. The summed E-state index contributed by atoms with van der Waals surface area (Å²) in [6.07, 6.45) is 1.71. The number of halogens is 2. The van der Waals surface area contributed by atoms with Gasteiger partial charge in [-0.15, -0.1) is 0 Å². The molecule has 0 saturated heterocycles. The van der Waals surface area contributed by atoms with Crippen LogP contribution in [0.2, 0.25) is 10.0 Å². The topological polar surface area (TPSA) is 42.0 Å². The van der Waals surface area contributed by atoms with E-state index in [1.807, 2.05) is 48.5 Å². The van der Waals surface area contributed by atoms with E-state index in [-0.39, 0.29) is 5.91 Å². The SMILES string of the molecule is O=C(Nc1cc(Cl)cc(Cl)c1)C(Sc1ccccn1)c1ccccc1. The van der Waals surface area contributed by atoms with Crippen molar-refractivity contribution in [1.29, 1.82) is 0 Å². The lowest BCUT2D eigenvalue weighted by Gasteiger charge is -2.17. The monoisotopic (exact) mass is 388 g/mol. The van der Waals surface area contributed by atoms with Crippen molar-refractivity contribution in [2.75, 3.05) is 5.32 Å². The van der Waals surface area contributed by atoms with Crippen LogP contribution in [0.4, 0.5) is 5.69 Å². The summed E-state index contributed by atoms with van der Waals surface area (Å²) in [6.45, 7) is 0. The Morgan fingerprint density at radius 1 is 0.960 bits per heavy atom. The van der Waals surface area contributed by atoms with Gasteiger partial charge < -0.3 is 5.32 Å². The fourth-order valence-corrected chi connectivity index (χ4v) is 3.78. The molecule has 0 fully saturated rings. The van der Waals surface area contributed by atoms with Crippen LogP contribution in [0.5, 0.6) is 0 Å². The van der Waals surface area contributed by atoms with Crippen LogP contribution in [0.25, 0.3) is 0 Å². The number of amides is 1. The van der Waals surface area contributed by atoms with Crippen molar-refractivity contribution in [3.63, 3.8) is 0 Å². The molecule has 1 atom stereocenters. The second-order valence-electron chi connectivity index (χ2n) is 5.22. The average molecular weight is 389 g/mol. The predicted octanol–water partition coefficient (Wildman–Crippen LogP) is 5.86. The molecule has 1 amide bonds. The van der Waals surface area contributed by atoms with Crippen molar-refractivity contribution in [1.82, 2.24) is 4.98 Å².